The summed E-state index contributed by atoms with van der Waals surface area (Å²) in [6.07, 6.45) is 0. The van der Waals surface area contributed by atoms with Gasteiger partial charge in [-0.3, -0.25) is 9.59 Å². The van der Waals surface area contributed by atoms with E-state index in [9.17, 15) is 9.59 Å². The van der Waals surface area contributed by atoms with Crippen LogP contribution in [0, 0.1) is 6.92 Å². The fraction of sp³-hybridized carbons (Fsp3) is 0.375. The zero-order valence-electron chi connectivity index (χ0n) is 13.3. The monoisotopic (exact) mass is 300 g/mol. The molecule has 0 atom stereocenters. The number of benzene rings is 1. The van der Waals surface area contributed by atoms with Gasteiger partial charge in [0, 0.05) is 12.6 Å². The number of amides is 1. The van der Waals surface area contributed by atoms with Gasteiger partial charge in [0.05, 0.1) is 5.69 Å². The minimum atomic E-state index is -0.208. The molecule has 0 unspecified atom stereocenters. The van der Waals surface area contributed by atoms with Gasteiger partial charge in [-0.25, -0.2) is 4.68 Å². The molecule has 1 amide bonds. The van der Waals surface area contributed by atoms with Crippen LogP contribution < -0.4 is 5.32 Å². The maximum Gasteiger partial charge on any atom is 0.246 e. The molecule has 0 bridgehead atoms. The average Bonchev–Trinajstić information content (AvgIpc) is 2.80. The van der Waals surface area contributed by atoms with Crippen molar-refractivity contribution in [2.24, 2.45) is 0 Å². The van der Waals surface area contributed by atoms with Crippen molar-refractivity contribution in [3.63, 3.8) is 0 Å². The Bertz CT molecular complexity index is 687. The zero-order chi connectivity index (χ0) is 16.3. The van der Waals surface area contributed by atoms with Crippen LogP contribution in [-0.2, 0) is 11.3 Å². The molecule has 6 nitrogen and oxygen atoms in total. The Morgan fingerprint density at radius 3 is 2.36 bits per heavy atom. The molecule has 116 valence electrons. The van der Waals surface area contributed by atoms with Gasteiger partial charge in [-0.05, 0) is 30.5 Å². The van der Waals surface area contributed by atoms with E-state index < -0.39 is 0 Å². The lowest BCUT2D eigenvalue weighted by atomic mass is 10.0. The molecule has 0 saturated heterocycles. The van der Waals surface area contributed by atoms with Crippen LogP contribution in [0.3, 0.4) is 0 Å². The van der Waals surface area contributed by atoms with E-state index in [1.807, 2.05) is 24.3 Å². The highest BCUT2D eigenvalue weighted by Gasteiger charge is 2.14. The largest absolute Gasteiger partial charge is 0.324 e. The topological polar surface area (TPSA) is 76.9 Å². The summed E-state index contributed by atoms with van der Waals surface area (Å²) < 4.78 is 1.43. The van der Waals surface area contributed by atoms with E-state index in [-0.39, 0.29) is 18.2 Å². The van der Waals surface area contributed by atoms with E-state index in [0.717, 1.165) is 5.69 Å². The van der Waals surface area contributed by atoms with Crippen molar-refractivity contribution in [2.45, 2.75) is 40.2 Å². The van der Waals surface area contributed by atoms with Crippen molar-refractivity contribution in [2.75, 3.05) is 5.32 Å². The van der Waals surface area contributed by atoms with Crippen molar-refractivity contribution >= 4 is 17.4 Å². The maximum absolute atomic E-state index is 12.0. The first-order chi connectivity index (χ1) is 10.4. The van der Waals surface area contributed by atoms with Gasteiger partial charge in [-0.15, -0.1) is 5.10 Å². The molecule has 0 aliphatic heterocycles. The van der Waals surface area contributed by atoms with Gasteiger partial charge in [0.25, 0.3) is 0 Å². The first kappa shape index (κ1) is 15.9. The molecule has 0 fully saturated rings. The quantitative estimate of drug-likeness (QED) is 0.861. The summed E-state index contributed by atoms with van der Waals surface area (Å²) in [4.78, 5) is 23.4. The highest BCUT2D eigenvalue weighted by Crippen LogP contribution is 2.17. The molecular weight excluding hydrogens is 280 g/mol. The Kier molecular flexibility index (Phi) is 4.70. The SMILES string of the molecule is CC(=O)c1nnn(CC(=O)Nc2ccc(C(C)C)cc2)c1C. The van der Waals surface area contributed by atoms with Crippen LogP contribution in [0.15, 0.2) is 24.3 Å². The average molecular weight is 300 g/mol. The van der Waals surface area contributed by atoms with E-state index in [0.29, 0.717) is 17.3 Å². The number of nitrogens with zero attached hydrogens (tertiary/aromatic N) is 3. The van der Waals surface area contributed by atoms with Crippen molar-refractivity contribution in [1.29, 1.82) is 0 Å². The molecule has 1 N–H and O–H groups in total. The van der Waals surface area contributed by atoms with Crippen molar-refractivity contribution < 1.29 is 9.59 Å². The predicted octanol–water partition coefficient (Wildman–Crippen LogP) is 2.55. The molecule has 0 aliphatic carbocycles. The van der Waals surface area contributed by atoms with Crippen LogP contribution in [0.25, 0.3) is 0 Å². The first-order valence-corrected chi connectivity index (χ1v) is 7.19. The van der Waals surface area contributed by atoms with Crippen molar-refractivity contribution in [1.82, 2.24) is 15.0 Å². The van der Waals surface area contributed by atoms with Crippen LogP contribution >= 0.6 is 0 Å². The smallest absolute Gasteiger partial charge is 0.246 e. The fourth-order valence-corrected chi connectivity index (χ4v) is 2.12. The minimum Gasteiger partial charge on any atom is -0.324 e. The second-order valence-electron chi connectivity index (χ2n) is 5.56. The molecule has 1 heterocycles. The van der Waals surface area contributed by atoms with Crippen LogP contribution in [0.4, 0.5) is 5.69 Å². The third-order valence-corrected chi connectivity index (χ3v) is 3.47. The second kappa shape index (κ2) is 6.51. The molecule has 0 saturated carbocycles. The Labute approximate surface area is 129 Å². The maximum atomic E-state index is 12.0. The highest BCUT2D eigenvalue weighted by molar-refractivity contribution is 5.93. The lowest BCUT2D eigenvalue weighted by molar-refractivity contribution is -0.117. The highest BCUT2D eigenvalue weighted by atomic mass is 16.2. The van der Waals surface area contributed by atoms with Gasteiger partial charge in [0.15, 0.2) is 11.5 Å². The number of nitrogens with one attached hydrogen (secondary N) is 1. The number of hydrogen-bond acceptors (Lipinski definition) is 4. The number of Topliss-reactive ketones (excluding diaryl/α,β-unsaturated/α-hetero) is 1. The summed E-state index contributed by atoms with van der Waals surface area (Å²) in [5.41, 5.74) is 2.85. The zero-order valence-corrected chi connectivity index (χ0v) is 13.3. The lowest BCUT2D eigenvalue weighted by Gasteiger charge is -2.09. The third kappa shape index (κ3) is 3.58. The van der Waals surface area contributed by atoms with E-state index >= 15 is 0 Å². The molecule has 0 spiro atoms. The summed E-state index contributed by atoms with van der Waals surface area (Å²) >= 11 is 0. The third-order valence-electron chi connectivity index (χ3n) is 3.47. The van der Waals surface area contributed by atoms with Gasteiger partial charge in [-0.2, -0.15) is 0 Å². The van der Waals surface area contributed by atoms with Gasteiger partial charge < -0.3 is 5.32 Å². The van der Waals surface area contributed by atoms with E-state index in [2.05, 4.69) is 29.5 Å². The van der Waals surface area contributed by atoms with Gasteiger partial charge in [-0.1, -0.05) is 31.2 Å². The predicted molar refractivity (Wildman–Crippen MR) is 83.9 cm³/mol. The van der Waals surface area contributed by atoms with Gasteiger partial charge in [0.1, 0.15) is 6.54 Å². The molecule has 2 rings (SSSR count). The molecule has 22 heavy (non-hydrogen) atoms. The number of ketones is 1. The number of aromatic nitrogens is 3. The number of carbonyl (C=O) groups excluding carboxylic acids is 2. The fourth-order valence-electron chi connectivity index (χ4n) is 2.12. The van der Waals surface area contributed by atoms with E-state index in [1.165, 1.54) is 17.2 Å². The summed E-state index contributed by atoms with van der Waals surface area (Å²) in [7, 11) is 0. The minimum absolute atomic E-state index is 0.0258. The van der Waals surface area contributed by atoms with E-state index in [4.69, 9.17) is 0 Å². The Hall–Kier alpha value is -2.50. The summed E-state index contributed by atoms with van der Waals surface area (Å²) in [5, 5.41) is 10.4. The molecule has 1 aromatic carbocycles. The Balaban J connectivity index is 2.02. The number of hydrogen-bond donors (Lipinski definition) is 1. The number of rotatable bonds is 5. The van der Waals surface area contributed by atoms with Crippen LogP contribution in [0.5, 0.6) is 0 Å². The summed E-state index contributed by atoms with van der Waals surface area (Å²) in [6.45, 7) is 7.42. The van der Waals surface area contributed by atoms with E-state index in [1.54, 1.807) is 6.92 Å². The normalized spacial score (nSPS) is 10.8. The van der Waals surface area contributed by atoms with Crippen molar-refractivity contribution in [3.8, 4) is 0 Å². The molecular formula is C16H20N4O2. The van der Waals surface area contributed by atoms with Crippen LogP contribution in [0.2, 0.25) is 0 Å². The molecule has 0 radical (unpaired) electrons. The molecule has 6 heteroatoms. The van der Waals surface area contributed by atoms with Crippen LogP contribution in [0.1, 0.15) is 48.4 Å². The van der Waals surface area contributed by atoms with Crippen LogP contribution in [-0.4, -0.2) is 26.7 Å². The molecule has 0 aliphatic rings. The molecule has 2 aromatic rings. The number of anilines is 1. The Morgan fingerprint density at radius 1 is 1.23 bits per heavy atom. The number of carbonyl (C=O) groups is 2. The lowest BCUT2D eigenvalue weighted by Crippen LogP contribution is -2.20. The van der Waals surface area contributed by atoms with Crippen molar-refractivity contribution in [3.05, 3.63) is 41.2 Å². The standard InChI is InChI=1S/C16H20N4O2/c1-10(2)13-5-7-14(8-6-13)17-15(22)9-20-11(3)16(12(4)21)18-19-20/h5-8,10H,9H2,1-4H3,(H,17,22). The Morgan fingerprint density at radius 2 is 1.86 bits per heavy atom. The second-order valence-corrected chi connectivity index (χ2v) is 5.56. The van der Waals surface area contributed by atoms with Gasteiger partial charge in [0.2, 0.25) is 5.91 Å². The molecule has 1 aromatic heterocycles. The van der Waals surface area contributed by atoms with Gasteiger partial charge >= 0.3 is 0 Å². The summed E-state index contributed by atoms with van der Waals surface area (Å²) in [5.74, 6) is 0.0846. The summed E-state index contributed by atoms with van der Waals surface area (Å²) in [6, 6.07) is 7.74. The first-order valence-electron chi connectivity index (χ1n) is 7.19.